The lowest BCUT2D eigenvalue weighted by molar-refractivity contribution is 0.345. The van der Waals surface area contributed by atoms with E-state index in [2.05, 4.69) is 10.3 Å². The Kier molecular flexibility index (Phi) is 3.22. The first-order chi connectivity index (χ1) is 8.36. The molecule has 0 atom stereocenters. The highest BCUT2D eigenvalue weighted by molar-refractivity contribution is 7.88. The molecular formula is C10H14N4O3S. The largest absolute Gasteiger partial charge is 0.359 e. The normalized spacial score (nSPS) is 12.2. The van der Waals surface area contributed by atoms with Crippen molar-refractivity contribution in [1.82, 2.24) is 19.2 Å². The molecule has 2 heterocycles. The molecular weight excluding hydrogens is 256 g/mol. The minimum Gasteiger partial charge on any atom is -0.359 e. The van der Waals surface area contributed by atoms with Gasteiger partial charge < -0.3 is 4.52 Å². The van der Waals surface area contributed by atoms with Crippen LogP contribution in [0.2, 0.25) is 0 Å². The fourth-order valence-corrected chi connectivity index (χ4v) is 1.78. The van der Waals surface area contributed by atoms with E-state index < -0.39 is 10.0 Å². The Morgan fingerprint density at radius 3 is 2.78 bits per heavy atom. The summed E-state index contributed by atoms with van der Waals surface area (Å²) in [5.41, 5.74) is 1.47. The predicted octanol–water partition coefficient (Wildman–Crippen LogP) is 0.466. The van der Waals surface area contributed by atoms with Crippen molar-refractivity contribution in [1.29, 1.82) is 0 Å². The maximum Gasteiger partial charge on any atom is 0.211 e. The Labute approximate surface area is 105 Å². The molecule has 0 saturated heterocycles. The summed E-state index contributed by atoms with van der Waals surface area (Å²) in [5, 5.41) is 7.92. The zero-order valence-corrected chi connectivity index (χ0v) is 11.2. The van der Waals surface area contributed by atoms with E-state index in [9.17, 15) is 8.42 Å². The van der Waals surface area contributed by atoms with E-state index in [4.69, 9.17) is 4.52 Å². The third kappa shape index (κ3) is 2.77. The Morgan fingerprint density at radius 2 is 2.22 bits per heavy atom. The van der Waals surface area contributed by atoms with Crippen molar-refractivity contribution in [3.63, 3.8) is 0 Å². The van der Waals surface area contributed by atoms with Crippen LogP contribution in [0.3, 0.4) is 0 Å². The highest BCUT2D eigenvalue weighted by atomic mass is 32.2. The van der Waals surface area contributed by atoms with Gasteiger partial charge in [-0.15, -0.1) is 0 Å². The average molecular weight is 270 g/mol. The Balaban J connectivity index is 2.16. The number of rotatable bonds is 4. The first kappa shape index (κ1) is 12.8. The third-order valence-electron chi connectivity index (χ3n) is 2.50. The third-order valence-corrected chi connectivity index (χ3v) is 3.77. The molecule has 18 heavy (non-hydrogen) atoms. The fourth-order valence-electron chi connectivity index (χ4n) is 1.41. The van der Waals surface area contributed by atoms with Gasteiger partial charge in [0.05, 0.1) is 19.0 Å². The SMILES string of the molecule is CN(Cc1cc(-c2cnn(C)c2)no1)S(C)(=O)=O. The minimum atomic E-state index is -3.22. The van der Waals surface area contributed by atoms with Gasteiger partial charge in [0.25, 0.3) is 0 Å². The summed E-state index contributed by atoms with van der Waals surface area (Å²) in [4.78, 5) is 0. The summed E-state index contributed by atoms with van der Waals surface area (Å²) in [7, 11) is 0.0720. The highest BCUT2D eigenvalue weighted by Gasteiger charge is 2.15. The number of aromatic nitrogens is 3. The maximum atomic E-state index is 11.3. The summed E-state index contributed by atoms with van der Waals surface area (Å²) in [6, 6.07) is 1.71. The van der Waals surface area contributed by atoms with Gasteiger partial charge in [-0.2, -0.15) is 9.40 Å². The molecule has 2 aromatic heterocycles. The van der Waals surface area contributed by atoms with Crippen LogP contribution in [0.4, 0.5) is 0 Å². The van der Waals surface area contributed by atoms with Crippen LogP contribution in [0.15, 0.2) is 23.0 Å². The van der Waals surface area contributed by atoms with Crippen LogP contribution in [0.5, 0.6) is 0 Å². The second-order valence-electron chi connectivity index (χ2n) is 4.10. The van der Waals surface area contributed by atoms with Crippen molar-refractivity contribution in [3.8, 4) is 11.3 Å². The number of sulfonamides is 1. The van der Waals surface area contributed by atoms with Crippen molar-refractivity contribution in [3.05, 3.63) is 24.2 Å². The first-order valence-corrected chi connectivity index (χ1v) is 7.07. The molecule has 0 unspecified atom stereocenters. The smallest absolute Gasteiger partial charge is 0.211 e. The number of aryl methyl sites for hydroxylation is 1. The maximum absolute atomic E-state index is 11.3. The van der Waals surface area contributed by atoms with Crippen LogP contribution in [-0.2, 0) is 23.6 Å². The molecule has 0 fully saturated rings. The lowest BCUT2D eigenvalue weighted by atomic mass is 10.2. The number of hydrogen-bond donors (Lipinski definition) is 0. The lowest BCUT2D eigenvalue weighted by Gasteiger charge is -2.10. The van der Waals surface area contributed by atoms with E-state index in [1.165, 1.54) is 11.4 Å². The number of nitrogens with zero attached hydrogens (tertiary/aromatic N) is 4. The van der Waals surface area contributed by atoms with E-state index in [0.29, 0.717) is 11.5 Å². The van der Waals surface area contributed by atoms with Gasteiger partial charge in [0.2, 0.25) is 10.0 Å². The van der Waals surface area contributed by atoms with Crippen molar-refractivity contribution >= 4 is 10.0 Å². The van der Waals surface area contributed by atoms with Crippen LogP contribution in [0, 0.1) is 0 Å². The molecule has 0 amide bonds. The fraction of sp³-hybridized carbons (Fsp3) is 0.400. The van der Waals surface area contributed by atoms with E-state index in [1.807, 2.05) is 13.2 Å². The zero-order chi connectivity index (χ0) is 13.3. The average Bonchev–Trinajstić information content (AvgIpc) is 2.85. The van der Waals surface area contributed by atoms with Crippen LogP contribution in [0.1, 0.15) is 5.76 Å². The van der Waals surface area contributed by atoms with Crippen LogP contribution in [-0.4, -0.2) is 41.0 Å². The van der Waals surface area contributed by atoms with Gasteiger partial charge in [-0.05, 0) is 0 Å². The first-order valence-electron chi connectivity index (χ1n) is 5.22. The van der Waals surface area contributed by atoms with Crippen LogP contribution < -0.4 is 0 Å². The van der Waals surface area contributed by atoms with Crippen molar-refractivity contribution in [2.75, 3.05) is 13.3 Å². The zero-order valence-electron chi connectivity index (χ0n) is 10.4. The van der Waals surface area contributed by atoms with Gasteiger partial charge in [-0.1, -0.05) is 5.16 Å². The van der Waals surface area contributed by atoms with Crippen molar-refractivity contribution in [2.45, 2.75) is 6.54 Å². The van der Waals surface area contributed by atoms with Crippen LogP contribution >= 0.6 is 0 Å². The molecule has 0 saturated carbocycles. The van der Waals surface area contributed by atoms with Gasteiger partial charge in [0.1, 0.15) is 5.69 Å². The summed E-state index contributed by atoms with van der Waals surface area (Å²) in [5.74, 6) is 0.488. The predicted molar refractivity (Wildman–Crippen MR) is 65.0 cm³/mol. The van der Waals surface area contributed by atoms with Gasteiger partial charge in [-0.3, -0.25) is 4.68 Å². The summed E-state index contributed by atoms with van der Waals surface area (Å²) in [6.07, 6.45) is 4.62. The molecule has 0 aliphatic heterocycles. The monoisotopic (exact) mass is 270 g/mol. The molecule has 0 N–H and O–H groups in total. The van der Waals surface area contributed by atoms with E-state index in [0.717, 1.165) is 11.8 Å². The molecule has 7 nitrogen and oxygen atoms in total. The Hall–Kier alpha value is -1.67. The molecule has 8 heteroatoms. The molecule has 0 bridgehead atoms. The van der Waals surface area contributed by atoms with Crippen LogP contribution in [0.25, 0.3) is 11.3 Å². The molecule has 0 aliphatic rings. The second kappa shape index (κ2) is 4.54. The second-order valence-corrected chi connectivity index (χ2v) is 6.19. The van der Waals surface area contributed by atoms with E-state index in [-0.39, 0.29) is 6.54 Å². The molecule has 0 aliphatic carbocycles. The molecule has 2 aromatic rings. The van der Waals surface area contributed by atoms with Gasteiger partial charge in [0.15, 0.2) is 5.76 Å². The van der Waals surface area contributed by atoms with Gasteiger partial charge >= 0.3 is 0 Å². The van der Waals surface area contributed by atoms with Crippen molar-refractivity contribution < 1.29 is 12.9 Å². The van der Waals surface area contributed by atoms with Gasteiger partial charge in [0, 0.05) is 31.9 Å². The number of hydrogen-bond acceptors (Lipinski definition) is 5. The van der Waals surface area contributed by atoms with E-state index in [1.54, 1.807) is 16.9 Å². The summed E-state index contributed by atoms with van der Waals surface area (Å²) in [6.45, 7) is 0.159. The molecule has 0 aromatic carbocycles. The molecule has 0 radical (unpaired) electrons. The van der Waals surface area contributed by atoms with Gasteiger partial charge in [-0.25, -0.2) is 8.42 Å². The highest BCUT2D eigenvalue weighted by Crippen LogP contribution is 2.19. The molecule has 2 rings (SSSR count). The molecule has 0 spiro atoms. The van der Waals surface area contributed by atoms with Crippen molar-refractivity contribution in [2.24, 2.45) is 7.05 Å². The summed E-state index contributed by atoms with van der Waals surface area (Å²) >= 11 is 0. The lowest BCUT2D eigenvalue weighted by Crippen LogP contribution is -2.24. The standard InChI is InChI=1S/C10H14N4O3S/c1-13-6-8(5-11-13)10-4-9(17-12-10)7-14(2)18(3,15)16/h4-6H,7H2,1-3H3. The Morgan fingerprint density at radius 1 is 1.50 bits per heavy atom. The summed E-state index contributed by atoms with van der Waals surface area (Å²) < 4.78 is 30.5. The quantitative estimate of drug-likeness (QED) is 0.806. The topological polar surface area (TPSA) is 81.2 Å². The molecule has 98 valence electrons. The minimum absolute atomic E-state index is 0.159. The Bertz CT molecular complexity index is 644. The van der Waals surface area contributed by atoms with E-state index >= 15 is 0 Å².